The number of quaternary nitrogens is 1. The molecule has 2 atom stereocenters. The molecule has 0 aromatic rings. The SMILES string of the molecule is CCCCC/C=C\C/C=C\CCCCCCCC(=O)OC(COC(=O)CCCCCCCCCCCCCCCCCCCCCCCCCCCCCCCCCCCCCCC)COP(=O)([O-])OCC[N+](C)(C)C. The lowest BCUT2D eigenvalue weighted by molar-refractivity contribution is -0.870. The van der Waals surface area contributed by atoms with Crippen LogP contribution in [0.1, 0.15) is 335 Å². The third-order valence-electron chi connectivity index (χ3n) is 15.0. The van der Waals surface area contributed by atoms with Gasteiger partial charge in [-0.3, -0.25) is 14.2 Å². The van der Waals surface area contributed by atoms with E-state index in [9.17, 15) is 19.0 Å². The van der Waals surface area contributed by atoms with Gasteiger partial charge in [0.05, 0.1) is 27.7 Å². The Morgan fingerprint density at radius 1 is 0.408 bits per heavy atom. The fourth-order valence-corrected chi connectivity index (χ4v) is 10.6. The fourth-order valence-electron chi connectivity index (χ4n) is 9.87. The van der Waals surface area contributed by atoms with Gasteiger partial charge in [0.25, 0.3) is 7.82 Å². The van der Waals surface area contributed by atoms with Gasteiger partial charge >= 0.3 is 11.9 Å². The van der Waals surface area contributed by atoms with Crippen LogP contribution in [0.2, 0.25) is 0 Å². The molecular weight excluding hydrogens is 966 g/mol. The Morgan fingerprint density at radius 3 is 1.07 bits per heavy atom. The molecule has 0 heterocycles. The Kier molecular flexibility index (Phi) is 57.0. The van der Waals surface area contributed by atoms with Gasteiger partial charge < -0.3 is 27.9 Å². The van der Waals surface area contributed by atoms with Gasteiger partial charge in [0.2, 0.25) is 0 Å². The fraction of sp³-hybridized carbons (Fsp3) is 0.909. The molecule has 0 aliphatic rings. The summed E-state index contributed by atoms with van der Waals surface area (Å²) in [6.45, 7) is 4.25. The summed E-state index contributed by atoms with van der Waals surface area (Å²) in [5, 5.41) is 0. The molecule has 0 aromatic heterocycles. The average molecular weight is 1090 g/mol. The highest BCUT2D eigenvalue weighted by molar-refractivity contribution is 7.45. The maximum absolute atomic E-state index is 12.8. The second kappa shape index (κ2) is 58.2. The lowest BCUT2D eigenvalue weighted by Gasteiger charge is -2.28. The van der Waals surface area contributed by atoms with Crippen LogP contribution in [0.25, 0.3) is 0 Å². The topological polar surface area (TPSA) is 111 Å². The van der Waals surface area contributed by atoms with Gasteiger partial charge in [-0.1, -0.05) is 301 Å². The van der Waals surface area contributed by atoms with Crippen LogP contribution < -0.4 is 4.89 Å². The van der Waals surface area contributed by atoms with E-state index in [4.69, 9.17) is 18.5 Å². The van der Waals surface area contributed by atoms with E-state index < -0.39 is 26.5 Å². The van der Waals surface area contributed by atoms with Crippen LogP contribution in [0, 0.1) is 0 Å². The first-order valence-corrected chi connectivity index (χ1v) is 34.5. The largest absolute Gasteiger partial charge is 0.756 e. The second-order valence-electron chi connectivity index (χ2n) is 23.8. The minimum Gasteiger partial charge on any atom is -0.756 e. The Morgan fingerprint density at radius 2 is 0.711 bits per heavy atom. The van der Waals surface area contributed by atoms with Crippen LogP contribution in [0.5, 0.6) is 0 Å². The van der Waals surface area contributed by atoms with Crippen LogP contribution in [-0.4, -0.2) is 70.0 Å². The number of esters is 2. The number of hydrogen-bond donors (Lipinski definition) is 0. The maximum Gasteiger partial charge on any atom is 0.306 e. The summed E-state index contributed by atoms with van der Waals surface area (Å²) in [7, 11) is 1.17. The van der Waals surface area contributed by atoms with E-state index in [1.807, 2.05) is 21.1 Å². The summed E-state index contributed by atoms with van der Waals surface area (Å²) < 4.78 is 34.2. The van der Waals surface area contributed by atoms with Crippen molar-refractivity contribution in [3.05, 3.63) is 24.3 Å². The zero-order chi connectivity index (χ0) is 55.6. The molecule has 450 valence electrons. The van der Waals surface area contributed by atoms with Crippen molar-refractivity contribution in [2.75, 3.05) is 47.5 Å². The van der Waals surface area contributed by atoms with Crippen LogP contribution in [0.15, 0.2) is 24.3 Å². The molecule has 0 aliphatic heterocycles. The van der Waals surface area contributed by atoms with Crippen molar-refractivity contribution in [1.82, 2.24) is 0 Å². The molecule has 9 nitrogen and oxygen atoms in total. The van der Waals surface area contributed by atoms with Crippen molar-refractivity contribution in [3.63, 3.8) is 0 Å². The number of nitrogens with zero attached hydrogens (tertiary/aromatic N) is 1. The number of rotatable bonds is 62. The second-order valence-corrected chi connectivity index (χ2v) is 25.3. The molecule has 10 heteroatoms. The van der Waals surface area contributed by atoms with E-state index in [0.29, 0.717) is 17.4 Å². The van der Waals surface area contributed by atoms with Gasteiger partial charge in [0.15, 0.2) is 6.10 Å². The average Bonchev–Trinajstić information content (AvgIpc) is 3.38. The Bertz CT molecular complexity index is 1330. The van der Waals surface area contributed by atoms with E-state index in [2.05, 4.69) is 38.2 Å². The first-order valence-electron chi connectivity index (χ1n) is 33.0. The van der Waals surface area contributed by atoms with E-state index in [1.54, 1.807) is 0 Å². The van der Waals surface area contributed by atoms with Crippen LogP contribution in [-0.2, 0) is 32.7 Å². The highest BCUT2D eigenvalue weighted by Gasteiger charge is 2.22. The first kappa shape index (κ1) is 74.5. The Labute approximate surface area is 472 Å². The number of likely N-dealkylation sites (N-methyl/N-ethyl adjacent to an activating group) is 1. The molecule has 0 bridgehead atoms. The van der Waals surface area contributed by atoms with E-state index in [-0.39, 0.29) is 32.0 Å². The summed E-state index contributed by atoms with van der Waals surface area (Å²) in [4.78, 5) is 37.9. The Balaban J connectivity index is 3.87. The first-order chi connectivity index (χ1) is 37.0. The summed E-state index contributed by atoms with van der Waals surface area (Å²) in [6.07, 6.45) is 71.4. The van der Waals surface area contributed by atoms with Gasteiger partial charge in [0, 0.05) is 12.8 Å². The number of unbranched alkanes of at least 4 members (excludes halogenated alkanes) is 44. The zero-order valence-electron chi connectivity index (χ0n) is 51.2. The smallest absolute Gasteiger partial charge is 0.306 e. The number of ether oxygens (including phenoxy) is 2. The number of carbonyl (C=O) groups excluding carboxylic acids is 2. The number of allylic oxidation sites excluding steroid dienone is 4. The van der Waals surface area contributed by atoms with Crippen molar-refractivity contribution in [1.29, 1.82) is 0 Å². The predicted molar refractivity (Wildman–Crippen MR) is 324 cm³/mol. The molecule has 0 aliphatic carbocycles. The highest BCUT2D eigenvalue weighted by atomic mass is 31.2. The number of phosphoric ester groups is 1. The van der Waals surface area contributed by atoms with Crippen molar-refractivity contribution < 1.29 is 42.1 Å². The van der Waals surface area contributed by atoms with Gasteiger partial charge in [0.1, 0.15) is 19.8 Å². The third kappa shape index (κ3) is 61.7. The molecule has 0 fully saturated rings. The van der Waals surface area contributed by atoms with E-state index in [1.165, 1.54) is 244 Å². The molecule has 76 heavy (non-hydrogen) atoms. The zero-order valence-corrected chi connectivity index (χ0v) is 52.1. The Hall–Kier alpha value is -1.51. The van der Waals surface area contributed by atoms with Gasteiger partial charge in [-0.05, 0) is 44.9 Å². The van der Waals surface area contributed by atoms with Crippen LogP contribution in [0.4, 0.5) is 0 Å². The molecule has 0 rings (SSSR count). The van der Waals surface area contributed by atoms with Crippen molar-refractivity contribution in [2.45, 2.75) is 341 Å². The standard InChI is InChI=1S/C66H128NO8P/c1-6-8-10-12-14-16-18-20-22-23-24-25-26-27-28-29-30-31-32-33-34-35-36-37-38-39-40-41-42-43-45-46-48-50-52-54-56-58-65(68)72-62-64(63-74-76(70,71)73-61-60-67(3,4)5)75-66(69)59-57-55-53-51-49-47-44-21-19-17-15-13-11-9-7-2/h15,17,21,44,64H,6-14,16,18-20,22-43,45-63H2,1-5H3/b17-15-,44-21-. The highest BCUT2D eigenvalue weighted by Crippen LogP contribution is 2.38. The molecule has 2 unspecified atom stereocenters. The molecule has 0 radical (unpaired) electrons. The molecule has 0 amide bonds. The molecule has 0 N–H and O–H groups in total. The normalized spacial score (nSPS) is 13.3. The van der Waals surface area contributed by atoms with Crippen molar-refractivity contribution >= 4 is 19.8 Å². The minimum atomic E-state index is -4.64. The lowest BCUT2D eigenvalue weighted by Crippen LogP contribution is -2.37. The van der Waals surface area contributed by atoms with Crippen LogP contribution >= 0.6 is 7.82 Å². The monoisotopic (exact) mass is 1090 g/mol. The minimum absolute atomic E-state index is 0.0314. The van der Waals surface area contributed by atoms with Crippen molar-refractivity contribution in [3.8, 4) is 0 Å². The van der Waals surface area contributed by atoms with Gasteiger partial charge in [-0.25, -0.2) is 0 Å². The van der Waals surface area contributed by atoms with E-state index in [0.717, 1.165) is 57.8 Å². The van der Waals surface area contributed by atoms with Crippen molar-refractivity contribution in [2.24, 2.45) is 0 Å². The maximum atomic E-state index is 12.8. The molecule has 0 spiro atoms. The number of hydrogen-bond acceptors (Lipinski definition) is 8. The van der Waals surface area contributed by atoms with Gasteiger partial charge in [-0.2, -0.15) is 0 Å². The summed E-state index contributed by atoms with van der Waals surface area (Å²) >= 11 is 0. The van der Waals surface area contributed by atoms with Crippen LogP contribution in [0.3, 0.4) is 0 Å². The van der Waals surface area contributed by atoms with E-state index >= 15 is 0 Å². The molecular formula is C66H128NO8P. The summed E-state index contributed by atoms with van der Waals surface area (Å²) in [6, 6.07) is 0. The van der Waals surface area contributed by atoms with Gasteiger partial charge in [-0.15, -0.1) is 0 Å². The lowest BCUT2D eigenvalue weighted by atomic mass is 10.0. The summed E-state index contributed by atoms with van der Waals surface area (Å²) in [5.74, 6) is -0.834. The predicted octanol–water partition coefficient (Wildman–Crippen LogP) is 20.3. The number of carbonyl (C=O) groups is 2. The number of phosphoric acid groups is 1. The molecule has 0 saturated heterocycles. The third-order valence-corrected chi connectivity index (χ3v) is 15.9. The molecule has 0 aromatic carbocycles. The molecule has 0 saturated carbocycles. The quantitative estimate of drug-likeness (QED) is 0.0195. The summed E-state index contributed by atoms with van der Waals surface area (Å²) in [5.41, 5.74) is 0.